The van der Waals surface area contributed by atoms with Gasteiger partial charge in [-0.2, -0.15) is 0 Å². The molecule has 140 valence electrons. The number of carbonyl (C=O) groups excluding carboxylic acids is 2. The molecule has 0 aliphatic rings. The van der Waals surface area contributed by atoms with E-state index in [0.717, 1.165) is 17.1 Å². The lowest BCUT2D eigenvalue weighted by Crippen LogP contribution is -2.15. The zero-order valence-corrected chi connectivity index (χ0v) is 16.3. The summed E-state index contributed by atoms with van der Waals surface area (Å²) >= 11 is 11.8. The van der Waals surface area contributed by atoms with E-state index in [2.05, 4.69) is 0 Å². The number of nitrogens with zero attached hydrogens (tertiary/aromatic N) is 1. The zero-order valence-electron chi connectivity index (χ0n) is 14.8. The topological polar surface area (TPSA) is 61.4 Å². The number of furan rings is 1. The van der Waals surface area contributed by atoms with Crippen LogP contribution in [0.5, 0.6) is 0 Å². The summed E-state index contributed by atoms with van der Waals surface area (Å²) in [4.78, 5) is 24.7. The Hall–Kier alpha value is -2.50. The van der Waals surface area contributed by atoms with Crippen LogP contribution >= 0.6 is 23.2 Å². The molecule has 0 radical (unpaired) electrons. The molecule has 0 spiro atoms. The molecular formula is C20H17Cl2NO4. The van der Waals surface area contributed by atoms with Gasteiger partial charge in [0.15, 0.2) is 6.61 Å². The van der Waals surface area contributed by atoms with Crippen LogP contribution in [-0.4, -0.2) is 22.9 Å². The third kappa shape index (κ3) is 4.43. The van der Waals surface area contributed by atoms with Crippen LogP contribution in [0.4, 0.5) is 0 Å². The Kier molecular flexibility index (Phi) is 5.73. The molecule has 0 N–H and O–H groups in total. The quantitative estimate of drug-likeness (QED) is 0.423. The first-order valence-electron chi connectivity index (χ1n) is 8.20. The summed E-state index contributed by atoms with van der Waals surface area (Å²) in [5.74, 6) is -0.146. The van der Waals surface area contributed by atoms with Gasteiger partial charge in [0.05, 0.1) is 18.4 Å². The number of ketones is 1. The number of rotatable bonds is 6. The number of hydrogen-bond donors (Lipinski definition) is 0. The smallest absolute Gasteiger partial charge is 0.338 e. The fourth-order valence-corrected chi connectivity index (χ4v) is 3.38. The van der Waals surface area contributed by atoms with Gasteiger partial charge in [-0.1, -0.05) is 23.2 Å². The van der Waals surface area contributed by atoms with Crippen LogP contribution in [0, 0.1) is 13.8 Å². The lowest BCUT2D eigenvalue weighted by molar-refractivity contribution is 0.0474. The second-order valence-electron chi connectivity index (χ2n) is 6.11. The molecule has 2 aromatic heterocycles. The molecule has 1 aromatic carbocycles. The Morgan fingerprint density at radius 1 is 1.11 bits per heavy atom. The summed E-state index contributed by atoms with van der Waals surface area (Å²) < 4.78 is 12.5. The summed E-state index contributed by atoms with van der Waals surface area (Å²) in [6.07, 6.45) is 1.61. The van der Waals surface area contributed by atoms with E-state index < -0.39 is 5.97 Å². The number of esters is 1. The maximum Gasteiger partial charge on any atom is 0.338 e. The van der Waals surface area contributed by atoms with E-state index >= 15 is 0 Å². The number of ether oxygens (including phenoxy) is 1. The first-order chi connectivity index (χ1) is 12.8. The number of aromatic nitrogens is 1. The number of carbonyl (C=O) groups is 2. The van der Waals surface area contributed by atoms with E-state index in [4.69, 9.17) is 32.4 Å². The highest BCUT2D eigenvalue weighted by Crippen LogP contribution is 2.21. The summed E-state index contributed by atoms with van der Waals surface area (Å²) in [6, 6.07) is 9.87. The Morgan fingerprint density at radius 3 is 2.44 bits per heavy atom. The molecule has 0 aliphatic carbocycles. The molecule has 2 heterocycles. The molecule has 3 aromatic rings. The van der Waals surface area contributed by atoms with Gasteiger partial charge >= 0.3 is 5.97 Å². The van der Waals surface area contributed by atoms with Crippen LogP contribution < -0.4 is 0 Å². The number of benzene rings is 1. The minimum atomic E-state index is -0.655. The Labute approximate surface area is 166 Å². The highest BCUT2D eigenvalue weighted by atomic mass is 35.5. The first kappa shape index (κ1) is 19.3. The molecule has 0 unspecified atom stereocenters. The predicted molar refractivity (Wildman–Crippen MR) is 103 cm³/mol. The maximum absolute atomic E-state index is 12.5. The Balaban J connectivity index is 1.70. The summed E-state index contributed by atoms with van der Waals surface area (Å²) in [5, 5.41) is 0.643. The van der Waals surface area contributed by atoms with Crippen molar-refractivity contribution in [3.05, 3.63) is 81.0 Å². The van der Waals surface area contributed by atoms with E-state index in [9.17, 15) is 9.59 Å². The van der Waals surface area contributed by atoms with Gasteiger partial charge in [0.2, 0.25) is 5.78 Å². The maximum atomic E-state index is 12.5. The first-order valence-corrected chi connectivity index (χ1v) is 8.96. The summed E-state index contributed by atoms with van der Waals surface area (Å²) in [7, 11) is 0. The van der Waals surface area contributed by atoms with Crippen LogP contribution in [0.15, 0.2) is 47.1 Å². The molecule has 0 atom stereocenters. The van der Waals surface area contributed by atoms with Crippen molar-refractivity contribution >= 4 is 35.0 Å². The van der Waals surface area contributed by atoms with Gasteiger partial charge < -0.3 is 13.7 Å². The standard InChI is InChI=1S/C20H17Cl2NO4/c1-12-6-18(13(2)23(12)10-17-4-3-5-26-17)19(24)11-27-20(25)14-7-15(21)9-16(22)8-14/h3-9H,10-11H2,1-2H3. The van der Waals surface area contributed by atoms with Gasteiger partial charge in [0.1, 0.15) is 5.76 Å². The molecule has 0 aliphatic heterocycles. The average Bonchev–Trinajstić information content (AvgIpc) is 3.22. The van der Waals surface area contributed by atoms with Crippen LogP contribution in [0.2, 0.25) is 10.0 Å². The van der Waals surface area contributed by atoms with E-state index in [1.165, 1.54) is 18.2 Å². The number of Topliss-reactive ketones (excluding diaryl/α,β-unsaturated/α-hetero) is 1. The van der Waals surface area contributed by atoms with Crippen molar-refractivity contribution in [3.63, 3.8) is 0 Å². The largest absolute Gasteiger partial charge is 0.467 e. The van der Waals surface area contributed by atoms with Crippen LogP contribution in [-0.2, 0) is 11.3 Å². The Morgan fingerprint density at radius 2 is 1.81 bits per heavy atom. The second-order valence-corrected chi connectivity index (χ2v) is 6.98. The monoisotopic (exact) mass is 405 g/mol. The summed E-state index contributed by atoms with van der Waals surface area (Å²) in [5.41, 5.74) is 2.41. The van der Waals surface area contributed by atoms with Crippen molar-refractivity contribution in [1.29, 1.82) is 0 Å². The number of aryl methyl sites for hydroxylation is 1. The minimum absolute atomic E-state index is 0.198. The molecule has 0 bridgehead atoms. The molecule has 0 fully saturated rings. The van der Waals surface area contributed by atoms with E-state index in [1.54, 1.807) is 12.3 Å². The van der Waals surface area contributed by atoms with Gasteiger partial charge in [-0.25, -0.2) is 4.79 Å². The highest BCUT2D eigenvalue weighted by molar-refractivity contribution is 6.35. The van der Waals surface area contributed by atoms with E-state index in [1.807, 2.05) is 30.5 Å². The molecule has 0 saturated carbocycles. The minimum Gasteiger partial charge on any atom is -0.467 e. The van der Waals surface area contributed by atoms with Crippen LogP contribution in [0.25, 0.3) is 0 Å². The fourth-order valence-electron chi connectivity index (χ4n) is 2.85. The van der Waals surface area contributed by atoms with Crippen molar-refractivity contribution in [1.82, 2.24) is 4.57 Å². The third-order valence-electron chi connectivity index (χ3n) is 4.20. The van der Waals surface area contributed by atoms with Crippen molar-refractivity contribution in [3.8, 4) is 0 Å². The van der Waals surface area contributed by atoms with Gasteiger partial charge in [-0.3, -0.25) is 4.79 Å². The normalized spacial score (nSPS) is 10.8. The SMILES string of the molecule is Cc1cc(C(=O)COC(=O)c2cc(Cl)cc(Cl)c2)c(C)n1Cc1ccco1. The second kappa shape index (κ2) is 8.03. The van der Waals surface area contributed by atoms with Crippen molar-refractivity contribution < 1.29 is 18.7 Å². The number of hydrogen-bond acceptors (Lipinski definition) is 4. The molecule has 0 saturated heterocycles. The molecule has 5 nitrogen and oxygen atoms in total. The average molecular weight is 406 g/mol. The lowest BCUT2D eigenvalue weighted by Gasteiger charge is -2.08. The van der Waals surface area contributed by atoms with Crippen molar-refractivity contribution in [2.24, 2.45) is 0 Å². The molecule has 7 heteroatoms. The lowest BCUT2D eigenvalue weighted by atomic mass is 10.1. The fraction of sp³-hybridized carbons (Fsp3) is 0.200. The van der Waals surface area contributed by atoms with Gasteiger partial charge in [0.25, 0.3) is 0 Å². The van der Waals surface area contributed by atoms with E-state index in [-0.39, 0.29) is 18.0 Å². The van der Waals surface area contributed by atoms with Crippen LogP contribution in [0.1, 0.15) is 37.9 Å². The number of halogens is 2. The molecule has 0 amide bonds. The van der Waals surface area contributed by atoms with E-state index in [0.29, 0.717) is 22.2 Å². The highest BCUT2D eigenvalue weighted by Gasteiger charge is 2.19. The molecular weight excluding hydrogens is 389 g/mol. The Bertz CT molecular complexity index is 970. The third-order valence-corrected chi connectivity index (χ3v) is 4.64. The molecule has 3 rings (SSSR count). The zero-order chi connectivity index (χ0) is 19.6. The van der Waals surface area contributed by atoms with Gasteiger partial charge in [-0.05, 0) is 50.2 Å². The van der Waals surface area contributed by atoms with Crippen LogP contribution in [0.3, 0.4) is 0 Å². The summed E-state index contributed by atoms with van der Waals surface area (Å²) in [6.45, 7) is 3.92. The van der Waals surface area contributed by atoms with Crippen molar-refractivity contribution in [2.45, 2.75) is 20.4 Å². The predicted octanol–water partition coefficient (Wildman–Crippen LogP) is 5.09. The molecule has 27 heavy (non-hydrogen) atoms. The van der Waals surface area contributed by atoms with Crippen molar-refractivity contribution in [2.75, 3.05) is 6.61 Å². The van der Waals surface area contributed by atoms with Gasteiger partial charge in [0, 0.05) is 27.0 Å². The van der Waals surface area contributed by atoms with Gasteiger partial charge in [-0.15, -0.1) is 0 Å².